The monoisotopic (exact) mass is 275 g/mol. The molecule has 2 aromatic rings. The smallest absolute Gasteiger partial charge is 0.251 e. The highest BCUT2D eigenvalue weighted by Gasteiger charge is 2.09. The van der Waals surface area contributed by atoms with Crippen molar-refractivity contribution < 1.29 is 9.90 Å². The number of amides is 1. The van der Waals surface area contributed by atoms with E-state index in [9.17, 15) is 9.90 Å². The largest absolute Gasteiger partial charge is 0.508 e. The Kier molecular flexibility index (Phi) is 4.07. The molecule has 2 N–H and O–H groups in total. The lowest BCUT2D eigenvalue weighted by Crippen LogP contribution is -2.23. The molecule has 0 atom stereocenters. The second-order valence-corrected chi connectivity index (χ2v) is 4.68. The number of halogens is 1. The Bertz CT molecular complexity index is 611. The van der Waals surface area contributed by atoms with Gasteiger partial charge in [-0.3, -0.25) is 4.79 Å². The minimum Gasteiger partial charge on any atom is -0.508 e. The molecule has 0 saturated heterocycles. The summed E-state index contributed by atoms with van der Waals surface area (Å²) in [6.07, 6.45) is 0. The van der Waals surface area contributed by atoms with Crippen LogP contribution < -0.4 is 5.32 Å². The lowest BCUT2D eigenvalue weighted by atomic mass is 10.1. The van der Waals surface area contributed by atoms with Gasteiger partial charge in [0, 0.05) is 17.1 Å². The Morgan fingerprint density at radius 3 is 2.68 bits per heavy atom. The quantitative estimate of drug-likeness (QED) is 0.903. The molecule has 0 aromatic heterocycles. The Morgan fingerprint density at radius 1 is 1.26 bits per heavy atom. The summed E-state index contributed by atoms with van der Waals surface area (Å²) in [7, 11) is 0. The fourth-order valence-corrected chi connectivity index (χ4v) is 2.02. The van der Waals surface area contributed by atoms with Crippen molar-refractivity contribution in [3.05, 3.63) is 64.2 Å². The molecule has 0 radical (unpaired) electrons. The van der Waals surface area contributed by atoms with Crippen LogP contribution in [-0.2, 0) is 6.54 Å². The van der Waals surface area contributed by atoms with Crippen molar-refractivity contribution in [2.24, 2.45) is 0 Å². The first-order valence-corrected chi connectivity index (χ1v) is 6.27. The van der Waals surface area contributed by atoms with E-state index in [1.54, 1.807) is 25.1 Å². The number of carbonyl (C=O) groups excluding carboxylic acids is 1. The normalized spacial score (nSPS) is 10.2. The standard InChI is InChI=1S/C15H14ClNO2/c1-10-8-12(18)6-7-13(10)15(19)17-9-11-4-2-3-5-14(11)16/h2-8,18H,9H2,1H3,(H,17,19). The summed E-state index contributed by atoms with van der Waals surface area (Å²) < 4.78 is 0. The first-order chi connectivity index (χ1) is 9.08. The fourth-order valence-electron chi connectivity index (χ4n) is 1.82. The molecule has 2 aromatic carbocycles. The van der Waals surface area contributed by atoms with Crippen LogP contribution in [0.4, 0.5) is 0 Å². The van der Waals surface area contributed by atoms with Gasteiger partial charge in [0.1, 0.15) is 5.75 Å². The number of hydrogen-bond donors (Lipinski definition) is 2. The van der Waals surface area contributed by atoms with Gasteiger partial charge in [0.05, 0.1) is 0 Å². The SMILES string of the molecule is Cc1cc(O)ccc1C(=O)NCc1ccccc1Cl. The summed E-state index contributed by atoms with van der Waals surface area (Å²) in [5.74, 6) is -0.0300. The van der Waals surface area contributed by atoms with Crippen molar-refractivity contribution in [1.82, 2.24) is 5.32 Å². The van der Waals surface area contributed by atoms with E-state index in [0.29, 0.717) is 17.1 Å². The molecular weight excluding hydrogens is 262 g/mol. The van der Waals surface area contributed by atoms with Gasteiger partial charge in [-0.1, -0.05) is 29.8 Å². The van der Waals surface area contributed by atoms with Crippen LogP contribution in [-0.4, -0.2) is 11.0 Å². The zero-order valence-corrected chi connectivity index (χ0v) is 11.2. The summed E-state index contributed by atoms with van der Waals surface area (Å²) in [6, 6.07) is 12.0. The van der Waals surface area contributed by atoms with E-state index in [1.165, 1.54) is 6.07 Å². The van der Waals surface area contributed by atoms with Crippen molar-refractivity contribution in [3.8, 4) is 5.75 Å². The van der Waals surface area contributed by atoms with Crippen LogP contribution in [0.15, 0.2) is 42.5 Å². The zero-order chi connectivity index (χ0) is 13.8. The van der Waals surface area contributed by atoms with E-state index in [1.807, 2.05) is 18.2 Å². The van der Waals surface area contributed by atoms with E-state index in [4.69, 9.17) is 11.6 Å². The van der Waals surface area contributed by atoms with Crippen LogP contribution in [0.25, 0.3) is 0 Å². The Labute approximate surface area is 116 Å². The molecular formula is C15H14ClNO2. The van der Waals surface area contributed by atoms with Crippen molar-refractivity contribution >= 4 is 17.5 Å². The van der Waals surface area contributed by atoms with Crippen LogP contribution in [0.1, 0.15) is 21.5 Å². The molecule has 0 aliphatic rings. The number of phenols is 1. The predicted octanol–water partition coefficient (Wildman–Crippen LogP) is 3.28. The second kappa shape index (κ2) is 5.76. The summed E-state index contributed by atoms with van der Waals surface area (Å²) in [5.41, 5.74) is 2.15. The summed E-state index contributed by atoms with van der Waals surface area (Å²) in [6.45, 7) is 2.16. The number of aromatic hydroxyl groups is 1. The maximum Gasteiger partial charge on any atom is 0.251 e. The van der Waals surface area contributed by atoms with E-state index in [2.05, 4.69) is 5.32 Å². The molecule has 0 aliphatic heterocycles. The van der Waals surface area contributed by atoms with Crippen LogP contribution >= 0.6 is 11.6 Å². The average Bonchev–Trinajstić information content (AvgIpc) is 2.37. The van der Waals surface area contributed by atoms with Gasteiger partial charge in [-0.05, 0) is 42.3 Å². The maximum absolute atomic E-state index is 12.0. The molecule has 0 heterocycles. The number of nitrogens with one attached hydrogen (secondary N) is 1. The lowest BCUT2D eigenvalue weighted by Gasteiger charge is -2.09. The third-order valence-corrected chi connectivity index (χ3v) is 3.22. The number of rotatable bonds is 3. The van der Waals surface area contributed by atoms with Gasteiger partial charge in [-0.15, -0.1) is 0 Å². The third kappa shape index (κ3) is 3.26. The van der Waals surface area contributed by atoms with E-state index in [0.717, 1.165) is 11.1 Å². The molecule has 98 valence electrons. The van der Waals surface area contributed by atoms with E-state index >= 15 is 0 Å². The van der Waals surface area contributed by atoms with Gasteiger partial charge in [0.15, 0.2) is 0 Å². The van der Waals surface area contributed by atoms with Crippen molar-refractivity contribution in [3.63, 3.8) is 0 Å². The van der Waals surface area contributed by atoms with Crippen LogP contribution in [0.2, 0.25) is 5.02 Å². The van der Waals surface area contributed by atoms with E-state index in [-0.39, 0.29) is 11.7 Å². The average molecular weight is 276 g/mol. The van der Waals surface area contributed by atoms with Crippen molar-refractivity contribution in [1.29, 1.82) is 0 Å². The van der Waals surface area contributed by atoms with Gasteiger partial charge < -0.3 is 10.4 Å². The number of hydrogen-bond acceptors (Lipinski definition) is 2. The number of aryl methyl sites for hydroxylation is 1. The highest BCUT2D eigenvalue weighted by atomic mass is 35.5. The number of carbonyl (C=O) groups is 1. The van der Waals surface area contributed by atoms with Gasteiger partial charge >= 0.3 is 0 Å². The predicted molar refractivity (Wildman–Crippen MR) is 75.5 cm³/mol. The molecule has 0 saturated carbocycles. The molecule has 3 nitrogen and oxygen atoms in total. The summed E-state index contributed by atoms with van der Waals surface area (Å²) in [4.78, 5) is 12.0. The first-order valence-electron chi connectivity index (χ1n) is 5.89. The van der Waals surface area contributed by atoms with Crippen molar-refractivity contribution in [2.45, 2.75) is 13.5 Å². The lowest BCUT2D eigenvalue weighted by molar-refractivity contribution is 0.0950. The Morgan fingerprint density at radius 2 is 2.00 bits per heavy atom. The highest BCUT2D eigenvalue weighted by molar-refractivity contribution is 6.31. The fraction of sp³-hybridized carbons (Fsp3) is 0.133. The molecule has 19 heavy (non-hydrogen) atoms. The molecule has 0 spiro atoms. The Hall–Kier alpha value is -2.00. The van der Waals surface area contributed by atoms with Crippen LogP contribution in [0.3, 0.4) is 0 Å². The van der Waals surface area contributed by atoms with Crippen LogP contribution in [0, 0.1) is 6.92 Å². The van der Waals surface area contributed by atoms with Gasteiger partial charge in [0.25, 0.3) is 5.91 Å². The zero-order valence-electron chi connectivity index (χ0n) is 10.5. The van der Waals surface area contributed by atoms with Gasteiger partial charge in [-0.2, -0.15) is 0 Å². The second-order valence-electron chi connectivity index (χ2n) is 4.27. The molecule has 0 aliphatic carbocycles. The van der Waals surface area contributed by atoms with E-state index < -0.39 is 0 Å². The van der Waals surface area contributed by atoms with Crippen LogP contribution in [0.5, 0.6) is 5.75 Å². The topological polar surface area (TPSA) is 49.3 Å². The molecule has 0 fully saturated rings. The summed E-state index contributed by atoms with van der Waals surface area (Å²) >= 11 is 6.02. The first kappa shape index (κ1) is 13.4. The number of phenolic OH excluding ortho intramolecular Hbond substituents is 1. The minimum atomic E-state index is -0.183. The minimum absolute atomic E-state index is 0.153. The maximum atomic E-state index is 12.0. The number of benzene rings is 2. The highest BCUT2D eigenvalue weighted by Crippen LogP contribution is 2.17. The Balaban J connectivity index is 2.08. The molecule has 1 amide bonds. The van der Waals surface area contributed by atoms with Crippen molar-refractivity contribution in [2.75, 3.05) is 0 Å². The molecule has 0 bridgehead atoms. The molecule has 0 unspecified atom stereocenters. The molecule has 2 rings (SSSR count). The van der Waals surface area contributed by atoms with Gasteiger partial charge in [0.2, 0.25) is 0 Å². The third-order valence-electron chi connectivity index (χ3n) is 2.85. The molecule has 4 heteroatoms. The van der Waals surface area contributed by atoms with Gasteiger partial charge in [-0.25, -0.2) is 0 Å². The summed E-state index contributed by atoms with van der Waals surface area (Å²) in [5, 5.41) is 12.8.